The molecule has 2 N–H and O–H groups in total. The summed E-state index contributed by atoms with van der Waals surface area (Å²) in [4.78, 5) is 14.8. The van der Waals surface area contributed by atoms with E-state index in [2.05, 4.69) is 17.9 Å². The molecule has 0 rings (SSSR count). The van der Waals surface area contributed by atoms with Crippen LogP contribution in [0, 0.1) is 0 Å². The van der Waals surface area contributed by atoms with Gasteiger partial charge in [0, 0.05) is 6.08 Å². The molecule has 4 heteroatoms. The molecule has 0 radical (unpaired) electrons. The number of carboxylic acids is 1. The van der Waals surface area contributed by atoms with E-state index in [4.69, 9.17) is 10.4 Å². The van der Waals surface area contributed by atoms with Gasteiger partial charge in [-0.2, -0.15) is 0 Å². The fourth-order valence-electron chi connectivity index (χ4n) is 2.48. The fraction of sp³-hybridized carbons (Fsp3) is 0.650. The van der Waals surface area contributed by atoms with Gasteiger partial charge in [0.25, 0.3) is 0 Å². The van der Waals surface area contributed by atoms with Crippen LogP contribution in [0.5, 0.6) is 0 Å². The molecule has 0 saturated carbocycles. The fourth-order valence-corrected chi connectivity index (χ4v) is 2.48. The van der Waals surface area contributed by atoms with Crippen molar-refractivity contribution in [2.24, 2.45) is 0 Å². The number of unbranched alkanes of at least 4 members (excludes halogenated alkanes) is 7. The second kappa shape index (κ2) is 18.0. The second-order valence-corrected chi connectivity index (χ2v) is 6.08. The standard InChI is InChI=1S/C20H34O4/c1-2-3-13-16-19(24-23)17-14-11-9-7-5-4-6-8-10-12-15-18-20(21)22/h6,8,10,12,15,18-19,23H,2-5,7,9,11,13-14,16-17H2,1H3,(H,21,22)/t19-/m0/s1. The molecule has 4 nitrogen and oxygen atoms in total. The first-order valence-electron chi connectivity index (χ1n) is 9.23. The zero-order valence-corrected chi connectivity index (χ0v) is 15.0. The van der Waals surface area contributed by atoms with Gasteiger partial charge in [0.2, 0.25) is 0 Å². The van der Waals surface area contributed by atoms with E-state index in [1.807, 2.05) is 12.2 Å². The van der Waals surface area contributed by atoms with Crippen molar-refractivity contribution in [1.82, 2.24) is 0 Å². The lowest BCUT2D eigenvalue weighted by atomic mass is 10.0. The summed E-state index contributed by atoms with van der Waals surface area (Å²) in [6.45, 7) is 2.18. The van der Waals surface area contributed by atoms with Gasteiger partial charge in [-0.15, -0.1) is 0 Å². The third-order valence-electron chi connectivity index (χ3n) is 3.88. The maximum atomic E-state index is 10.2. The van der Waals surface area contributed by atoms with Crippen LogP contribution in [0.15, 0.2) is 36.5 Å². The molecular weight excluding hydrogens is 304 g/mol. The lowest BCUT2D eigenvalue weighted by molar-refractivity contribution is -0.281. The van der Waals surface area contributed by atoms with E-state index in [9.17, 15) is 4.79 Å². The first kappa shape index (κ1) is 22.6. The topological polar surface area (TPSA) is 66.8 Å². The van der Waals surface area contributed by atoms with Gasteiger partial charge in [-0.25, -0.2) is 9.68 Å². The molecule has 0 amide bonds. The second-order valence-electron chi connectivity index (χ2n) is 6.08. The number of rotatable bonds is 16. The molecule has 24 heavy (non-hydrogen) atoms. The largest absolute Gasteiger partial charge is 0.478 e. The van der Waals surface area contributed by atoms with Crippen LogP contribution < -0.4 is 0 Å². The van der Waals surface area contributed by atoms with Gasteiger partial charge in [0.15, 0.2) is 0 Å². The molecule has 0 aliphatic heterocycles. The number of hydrogen-bond acceptors (Lipinski definition) is 3. The molecule has 0 heterocycles. The first-order valence-corrected chi connectivity index (χ1v) is 9.23. The molecule has 0 aromatic carbocycles. The van der Waals surface area contributed by atoms with Crippen LogP contribution in [-0.2, 0) is 9.68 Å². The van der Waals surface area contributed by atoms with Crippen molar-refractivity contribution < 1.29 is 20.0 Å². The molecule has 0 aliphatic rings. The monoisotopic (exact) mass is 338 g/mol. The van der Waals surface area contributed by atoms with Gasteiger partial charge in [-0.1, -0.05) is 82.2 Å². The molecule has 0 spiro atoms. The van der Waals surface area contributed by atoms with Gasteiger partial charge >= 0.3 is 5.97 Å². The zero-order valence-electron chi connectivity index (χ0n) is 15.0. The van der Waals surface area contributed by atoms with Crippen LogP contribution >= 0.6 is 0 Å². The van der Waals surface area contributed by atoms with Crippen LogP contribution in [0.25, 0.3) is 0 Å². The third kappa shape index (κ3) is 17.0. The highest BCUT2D eigenvalue weighted by Gasteiger charge is 2.07. The van der Waals surface area contributed by atoms with E-state index >= 15 is 0 Å². The Hall–Kier alpha value is -1.39. The SMILES string of the molecule is CCCCC[C@@H](CCCCCCCC=CC=CC=CC(=O)O)OO. The Morgan fingerprint density at radius 1 is 0.917 bits per heavy atom. The molecule has 0 aromatic heterocycles. The van der Waals surface area contributed by atoms with Gasteiger partial charge in [0.05, 0.1) is 6.10 Å². The summed E-state index contributed by atoms with van der Waals surface area (Å²) in [6, 6.07) is 0. The lowest BCUT2D eigenvalue weighted by Crippen LogP contribution is -2.10. The number of carbonyl (C=O) groups is 1. The molecule has 0 saturated heterocycles. The summed E-state index contributed by atoms with van der Waals surface area (Å²) in [7, 11) is 0. The molecule has 1 atom stereocenters. The molecular formula is C20H34O4. The molecule has 0 aliphatic carbocycles. The average Bonchev–Trinajstić information content (AvgIpc) is 2.57. The van der Waals surface area contributed by atoms with Crippen LogP contribution in [0.4, 0.5) is 0 Å². The number of allylic oxidation sites excluding steroid dienone is 5. The Labute approximate surface area is 146 Å². The smallest absolute Gasteiger partial charge is 0.328 e. The number of hydrogen-bond donors (Lipinski definition) is 2. The highest BCUT2D eigenvalue weighted by Crippen LogP contribution is 2.14. The van der Waals surface area contributed by atoms with Crippen LogP contribution in [-0.4, -0.2) is 22.4 Å². The Morgan fingerprint density at radius 3 is 2.21 bits per heavy atom. The van der Waals surface area contributed by atoms with E-state index in [0.29, 0.717) is 0 Å². The minimum atomic E-state index is -0.929. The van der Waals surface area contributed by atoms with Crippen molar-refractivity contribution in [3.05, 3.63) is 36.5 Å². The Morgan fingerprint density at radius 2 is 1.54 bits per heavy atom. The molecule has 0 unspecified atom stereocenters. The summed E-state index contributed by atoms with van der Waals surface area (Å²) in [6.07, 6.45) is 22.7. The van der Waals surface area contributed by atoms with Crippen LogP contribution in [0.2, 0.25) is 0 Å². The van der Waals surface area contributed by atoms with E-state index < -0.39 is 5.97 Å². The molecule has 0 aromatic rings. The van der Waals surface area contributed by atoms with E-state index in [1.54, 1.807) is 6.08 Å². The van der Waals surface area contributed by atoms with Crippen molar-refractivity contribution in [3.8, 4) is 0 Å². The van der Waals surface area contributed by atoms with Gasteiger partial charge in [-0.3, -0.25) is 5.26 Å². The summed E-state index contributed by atoms with van der Waals surface area (Å²) in [5, 5.41) is 17.3. The molecule has 0 fully saturated rings. The van der Waals surface area contributed by atoms with E-state index in [1.165, 1.54) is 44.6 Å². The highest BCUT2D eigenvalue weighted by molar-refractivity contribution is 5.80. The first-order chi connectivity index (χ1) is 11.7. The van der Waals surface area contributed by atoms with E-state index in [0.717, 1.165) is 38.2 Å². The predicted octanol–water partition coefficient (Wildman–Crippen LogP) is 5.91. The van der Waals surface area contributed by atoms with Gasteiger partial charge < -0.3 is 5.11 Å². The molecule has 138 valence electrons. The van der Waals surface area contributed by atoms with Crippen molar-refractivity contribution >= 4 is 5.97 Å². The van der Waals surface area contributed by atoms with Crippen LogP contribution in [0.1, 0.15) is 77.6 Å². The zero-order chi connectivity index (χ0) is 17.9. The number of aliphatic carboxylic acids is 1. The highest BCUT2D eigenvalue weighted by atomic mass is 17.1. The quantitative estimate of drug-likeness (QED) is 0.121. The summed E-state index contributed by atoms with van der Waals surface area (Å²) in [5.74, 6) is -0.929. The summed E-state index contributed by atoms with van der Waals surface area (Å²) in [5.41, 5.74) is 0. The lowest BCUT2D eigenvalue weighted by Gasteiger charge is -2.12. The minimum Gasteiger partial charge on any atom is -0.478 e. The Kier molecular flexibility index (Phi) is 16.9. The predicted molar refractivity (Wildman–Crippen MR) is 99.0 cm³/mol. The van der Waals surface area contributed by atoms with Crippen LogP contribution in [0.3, 0.4) is 0 Å². The summed E-state index contributed by atoms with van der Waals surface area (Å²) >= 11 is 0. The third-order valence-corrected chi connectivity index (χ3v) is 3.88. The Bertz CT molecular complexity index is 372. The van der Waals surface area contributed by atoms with Crippen molar-refractivity contribution in [1.29, 1.82) is 0 Å². The molecule has 0 bridgehead atoms. The summed E-state index contributed by atoms with van der Waals surface area (Å²) < 4.78 is 0. The van der Waals surface area contributed by atoms with Gasteiger partial charge in [0.1, 0.15) is 0 Å². The van der Waals surface area contributed by atoms with E-state index in [-0.39, 0.29) is 6.10 Å². The maximum Gasteiger partial charge on any atom is 0.328 e. The van der Waals surface area contributed by atoms with Crippen molar-refractivity contribution in [2.45, 2.75) is 83.7 Å². The van der Waals surface area contributed by atoms with Crippen molar-refractivity contribution in [2.75, 3.05) is 0 Å². The van der Waals surface area contributed by atoms with Crippen molar-refractivity contribution in [3.63, 3.8) is 0 Å². The average molecular weight is 338 g/mol. The maximum absolute atomic E-state index is 10.2. The normalized spacial score (nSPS) is 13.4. The van der Waals surface area contributed by atoms with Gasteiger partial charge in [-0.05, 0) is 25.7 Å². The minimum absolute atomic E-state index is 0.0152. The number of carboxylic acid groups (broad SMARTS) is 1. The Balaban J connectivity index is 3.45.